The van der Waals surface area contributed by atoms with Gasteiger partial charge in [-0.2, -0.15) is 9.97 Å². The molecule has 10 nitrogen and oxygen atoms in total. The molecule has 1 aliphatic rings. The molecule has 5 heterocycles. The SMILES string of the molecule is C.CC1(C)OB(c2ccc3c(ccc4c5ccccc5oc34)c2)OC1(C)C.Clc1nc(-c2ccccc2)nc(-c2cc(-c3ccccc3)cc(-c3ccccc3)c2)n1.[HH].c1ccc(-c2cc(-c3ccccc3)cc(-c3nc(-c4ccccc4)nc(-c4ccc5c(ccc6c7ccccc7oc56)c4)n3)c2)cc1. The lowest BCUT2D eigenvalue weighted by molar-refractivity contribution is 0.00578. The lowest BCUT2D eigenvalue weighted by atomic mass is 9.78. The molecule has 18 aromatic rings. The van der Waals surface area contributed by atoms with E-state index in [-0.39, 0.29) is 32.5 Å². The predicted molar refractivity (Wildman–Crippen MR) is 434 cm³/mol. The van der Waals surface area contributed by atoms with Gasteiger partial charge in [-0.25, -0.2) is 19.9 Å². The summed E-state index contributed by atoms with van der Waals surface area (Å²) in [6.07, 6.45) is 0. The van der Waals surface area contributed by atoms with Crippen LogP contribution in [0.2, 0.25) is 5.28 Å². The number of nitrogens with zero attached hydrogens (tertiary/aromatic N) is 6. The molecule has 0 spiro atoms. The van der Waals surface area contributed by atoms with Crippen LogP contribution in [0.1, 0.15) is 36.5 Å². The van der Waals surface area contributed by atoms with Crippen LogP contribution in [0.3, 0.4) is 0 Å². The molecule has 12 heteroatoms. The molecule has 0 amide bonds. The smallest absolute Gasteiger partial charge is 0.455 e. The third-order valence-electron chi connectivity index (χ3n) is 19.6. The number of furan rings is 2. The zero-order chi connectivity index (χ0) is 70.3. The van der Waals surface area contributed by atoms with Gasteiger partial charge in [-0.3, -0.25) is 0 Å². The highest BCUT2D eigenvalue weighted by Gasteiger charge is 2.51. The van der Waals surface area contributed by atoms with Gasteiger partial charge in [0.05, 0.1) is 11.2 Å². The van der Waals surface area contributed by atoms with Gasteiger partial charge < -0.3 is 18.1 Å². The molecule has 508 valence electrons. The standard InChI is InChI=1S/C43H27N3O.C27H18ClN3.C22H21BO3.CH4.H2/c1-4-12-28(13-5-1)33-25-34(29-14-6-2-7-15-29)27-35(26-33)43-45-41(30-16-8-3-9-17-30)44-42(46-43)32-21-22-36-31(24-32)20-23-38-37-18-10-11-19-39(37)47-40(36)38;28-27-30-25(21-14-8-3-9-15-21)29-26(31-27)24-17-22(19-10-4-1-5-11-19)16-23(18-24)20-12-6-2-7-13-20;1-21(2)22(3,4)26-23(25-21)15-10-12-16-14(13-15)9-11-18-17-7-5-6-8-19(17)24-20(16)18;;/h1-27H;1-18H;5-13H,1-4H3;1H4;1H. The fourth-order valence-electron chi connectivity index (χ4n) is 13.6. The quantitative estimate of drug-likeness (QED) is 0.122. The van der Waals surface area contributed by atoms with Crippen molar-refractivity contribution in [1.82, 2.24) is 29.9 Å². The molecule has 14 aromatic carbocycles. The van der Waals surface area contributed by atoms with E-state index >= 15 is 0 Å². The summed E-state index contributed by atoms with van der Waals surface area (Å²) in [4.78, 5) is 28.7. The predicted octanol–water partition coefficient (Wildman–Crippen LogP) is 24.4. The van der Waals surface area contributed by atoms with E-state index in [2.05, 4.69) is 220 Å². The molecule has 1 fully saturated rings. The van der Waals surface area contributed by atoms with Crippen LogP contribution in [0, 0.1) is 0 Å². The first kappa shape index (κ1) is 67.0. The zero-order valence-corrected chi connectivity index (χ0v) is 58.2. The summed E-state index contributed by atoms with van der Waals surface area (Å²) in [6, 6.07) is 112. The van der Waals surface area contributed by atoms with Crippen LogP contribution < -0.4 is 5.46 Å². The van der Waals surface area contributed by atoms with Crippen molar-refractivity contribution in [2.45, 2.75) is 46.3 Å². The summed E-state index contributed by atoms with van der Waals surface area (Å²) in [5.41, 5.74) is 17.5. The second kappa shape index (κ2) is 28.4. The highest BCUT2D eigenvalue weighted by atomic mass is 35.5. The van der Waals surface area contributed by atoms with Gasteiger partial charge in [-0.15, -0.1) is 0 Å². The van der Waals surface area contributed by atoms with Gasteiger partial charge in [0.1, 0.15) is 22.3 Å². The summed E-state index contributed by atoms with van der Waals surface area (Å²) >= 11 is 6.30. The molecule has 0 saturated carbocycles. The van der Waals surface area contributed by atoms with E-state index in [1.807, 2.05) is 146 Å². The molecule has 105 heavy (non-hydrogen) atoms. The maximum absolute atomic E-state index is 6.32. The Balaban J connectivity index is 0.000000133. The van der Waals surface area contributed by atoms with Crippen molar-refractivity contribution in [1.29, 1.82) is 0 Å². The number of hydrogen-bond donors (Lipinski definition) is 0. The maximum atomic E-state index is 6.32. The van der Waals surface area contributed by atoms with Crippen LogP contribution in [0.4, 0.5) is 0 Å². The Morgan fingerprint density at radius 1 is 0.267 bits per heavy atom. The van der Waals surface area contributed by atoms with Crippen molar-refractivity contribution in [2.75, 3.05) is 0 Å². The van der Waals surface area contributed by atoms with Crippen LogP contribution in [-0.4, -0.2) is 48.2 Å². The van der Waals surface area contributed by atoms with Crippen molar-refractivity contribution in [3.05, 3.63) is 333 Å². The third kappa shape index (κ3) is 13.6. The van der Waals surface area contributed by atoms with Crippen LogP contribution in [0.5, 0.6) is 0 Å². The largest absolute Gasteiger partial charge is 0.494 e. The highest BCUT2D eigenvalue weighted by Crippen LogP contribution is 2.41. The summed E-state index contributed by atoms with van der Waals surface area (Å²) in [7, 11) is -0.351. The first-order valence-corrected chi connectivity index (χ1v) is 35.1. The normalized spacial score (nSPS) is 13.0. The van der Waals surface area contributed by atoms with E-state index in [1.54, 1.807) is 0 Å². The zero-order valence-electron chi connectivity index (χ0n) is 57.4. The fraction of sp³-hybridized carbons (Fsp3) is 0.0753. The molecule has 0 atom stereocenters. The Labute approximate surface area is 616 Å². The number of hydrogen-bond acceptors (Lipinski definition) is 10. The first-order chi connectivity index (χ1) is 50.9. The summed E-state index contributed by atoms with van der Waals surface area (Å²) in [6.45, 7) is 8.30. The topological polar surface area (TPSA) is 122 Å². The molecule has 0 N–H and O–H groups in total. The second-order valence-electron chi connectivity index (χ2n) is 26.9. The van der Waals surface area contributed by atoms with E-state index in [0.29, 0.717) is 29.1 Å². The monoisotopic (exact) mass is 1380 g/mol. The van der Waals surface area contributed by atoms with Gasteiger partial charge in [-0.1, -0.05) is 262 Å². The van der Waals surface area contributed by atoms with Crippen molar-refractivity contribution in [3.63, 3.8) is 0 Å². The van der Waals surface area contributed by atoms with Crippen molar-refractivity contribution in [2.24, 2.45) is 0 Å². The van der Waals surface area contributed by atoms with Gasteiger partial charge in [0.15, 0.2) is 29.1 Å². The van der Waals surface area contributed by atoms with Gasteiger partial charge in [-0.05, 0) is 173 Å². The van der Waals surface area contributed by atoms with Crippen molar-refractivity contribution in [3.8, 4) is 101 Å². The van der Waals surface area contributed by atoms with Crippen LogP contribution in [0.15, 0.2) is 336 Å². The number of para-hydroxylation sites is 2. The molecule has 19 rings (SSSR count). The van der Waals surface area contributed by atoms with E-state index in [1.165, 1.54) is 0 Å². The molecule has 0 radical (unpaired) electrons. The van der Waals surface area contributed by atoms with Crippen molar-refractivity contribution >= 4 is 89.6 Å². The Bertz CT molecular complexity index is 6080. The van der Waals surface area contributed by atoms with Crippen molar-refractivity contribution < 1.29 is 19.6 Å². The van der Waals surface area contributed by atoms with E-state index < -0.39 is 0 Å². The Morgan fingerprint density at radius 2 is 0.571 bits per heavy atom. The summed E-state index contributed by atoms with van der Waals surface area (Å²) < 4.78 is 24.8. The lowest BCUT2D eigenvalue weighted by Gasteiger charge is -2.32. The lowest BCUT2D eigenvalue weighted by Crippen LogP contribution is -2.41. The van der Waals surface area contributed by atoms with Gasteiger partial charge in [0, 0.05) is 61.6 Å². The molecular weight excluding hydrogens is 1310 g/mol. The molecule has 0 unspecified atom stereocenters. The third-order valence-corrected chi connectivity index (χ3v) is 19.8. The Kier molecular flexibility index (Phi) is 18.1. The molecule has 4 aromatic heterocycles. The average molecular weight is 1380 g/mol. The number of aromatic nitrogens is 6. The molecule has 1 saturated heterocycles. The molecule has 1 aliphatic heterocycles. The van der Waals surface area contributed by atoms with Gasteiger partial charge >= 0.3 is 7.12 Å². The van der Waals surface area contributed by atoms with Crippen LogP contribution in [0.25, 0.3) is 167 Å². The second-order valence-corrected chi connectivity index (χ2v) is 27.3. The van der Waals surface area contributed by atoms with E-state index in [4.69, 9.17) is 49.7 Å². The number of fused-ring (bicyclic) bond motifs is 10. The number of rotatable bonds is 10. The highest BCUT2D eigenvalue weighted by molar-refractivity contribution is 6.62. The average Bonchev–Trinajstić information content (AvgIpc) is 1.58. The summed E-state index contributed by atoms with van der Waals surface area (Å²) in [5.74, 6) is 2.98. The Hall–Kier alpha value is -12.5. The first-order valence-electron chi connectivity index (χ1n) is 34.7. The molecule has 0 aliphatic carbocycles. The fourth-order valence-corrected chi connectivity index (χ4v) is 13.7. The minimum absolute atomic E-state index is 0. The Morgan fingerprint density at radius 3 is 0.981 bits per heavy atom. The summed E-state index contributed by atoms with van der Waals surface area (Å²) in [5, 5.41) is 9.07. The van der Waals surface area contributed by atoms with Gasteiger partial charge in [0.2, 0.25) is 5.28 Å². The molecule has 0 bridgehead atoms. The number of benzene rings is 14. The number of halogens is 1. The minimum atomic E-state index is -0.351. The van der Waals surface area contributed by atoms with E-state index in [9.17, 15) is 0 Å². The van der Waals surface area contributed by atoms with Crippen LogP contribution in [-0.2, 0) is 9.31 Å². The molecular formula is C93H72BClN6O4. The maximum Gasteiger partial charge on any atom is 0.494 e. The minimum Gasteiger partial charge on any atom is -0.455 e. The van der Waals surface area contributed by atoms with Gasteiger partial charge in [0.25, 0.3) is 0 Å². The van der Waals surface area contributed by atoms with Crippen LogP contribution >= 0.6 is 11.6 Å². The van der Waals surface area contributed by atoms with E-state index in [0.717, 1.165) is 143 Å².